The monoisotopic (exact) mass is 547 g/mol. The van der Waals surface area contributed by atoms with Gasteiger partial charge >= 0.3 is 11.9 Å². The molecular weight excluding hydrogens is 532 g/mol. The molecule has 0 fully saturated rings. The highest BCUT2D eigenvalue weighted by atomic mass is 32.3. The van der Waals surface area contributed by atoms with E-state index in [-0.39, 0.29) is 33.4 Å². The topological polar surface area (TPSA) is 220 Å². The first kappa shape index (κ1) is 26.3. The second-order valence-corrected chi connectivity index (χ2v) is 8.58. The van der Waals surface area contributed by atoms with Gasteiger partial charge in [-0.25, -0.2) is 18.0 Å². The molecule has 38 heavy (non-hydrogen) atoms. The molecule has 15 heteroatoms. The molecule has 0 spiro atoms. The molecular formula is C23H15O14S-. The van der Waals surface area contributed by atoms with E-state index in [2.05, 4.69) is 4.18 Å². The summed E-state index contributed by atoms with van der Waals surface area (Å²) in [6.07, 6.45) is -1.58. The standard InChI is InChI=1S/C23H16O14S/c24-12-7-18(22(26)27)35-16-5-1-3-14(20(12)16)33-9-11(37-38(30,31)32)10-34-15-4-2-6-17-21(15)13(25)8-19(36-17)23(28)29/h1-8,11H,9-10H2,(H,26,27)(H,28,29)(H,30,31,32)/p-1. The van der Waals surface area contributed by atoms with Gasteiger partial charge in [0.2, 0.25) is 21.9 Å². The molecule has 2 heterocycles. The van der Waals surface area contributed by atoms with Crippen LogP contribution in [-0.4, -0.2) is 54.4 Å². The number of ether oxygens (including phenoxy) is 2. The van der Waals surface area contributed by atoms with Gasteiger partial charge in [0.25, 0.3) is 0 Å². The van der Waals surface area contributed by atoms with Crippen LogP contribution in [0.4, 0.5) is 0 Å². The van der Waals surface area contributed by atoms with E-state index in [1.54, 1.807) is 0 Å². The third-order valence-electron chi connectivity index (χ3n) is 4.96. The van der Waals surface area contributed by atoms with Crippen molar-refractivity contribution in [3.63, 3.8) is 0 Å². The number of rotatable bonds is 10. The maximum Gasteiger partial charge on any atom is 0.371 e. The summed E-state index contributed by atoms with van der Waals surface area (Å²) >= 11 is 0. The number of carboxylic acids is 2. The van der Waals surface area contributed by atoms with Crippen LogP contribution in [0.2, 0.25) is 0 Å². The fourth-order valence-electron chi connectivity index (χ4n) is 3.44. The van der Waals surface area contributed by atoms with Crippen molar-refractivity contribution < 1.29 is 55.3 Å². The molecule has 4 rings (SSSR count). The Kier molecular flexibility index (Phi) is 7.16. The van der Waals surface area contributed by atoms with Gasteiger partial charge in [-0.1, -0.05) is 12.1 Å². The molecule has 0 aliphatic carbocycles. The molecule has 0 bridgehead atoms. The Morgan fingerprint density at radius 3 is 1.61 bits per heavy atom. The molecule has 2 aromatic carbocycles. The van der Waals surface area contributed by atoms with Crippen molar-refractivity contribution in [1.29, 1.82) is 0 Å². The number of carboxylic acid groups (broad SMARTS) is 2. The fourth-order valence-corrected chi connectivity index (χ4v) is 3.89. The molecule has 0 atom stereocenters. The van der Waals surface area contributed by atoms with Crippen LogP contribution in [0.25, 0.3) is 21.9 Å². The van der Waals surface area contributed by atoms with Crippen molar-refractivity contribution in [1.82, 2.24) is 0 Å². The third kappa shape index (κ3) is 5.80. The summed E-state index contributed by atoms with van der Waals surface area (Å²) in [7, 11) is -5.26. The summed E-state index contributed by atoms with van der Waals surface area (Å²) in [5, 5.41) is 17.8. The molecule has 0 aliphatic rings. The summed E-state index contributed by atoms with van der Waals surface area (Å²) in [6, 6.07) is 9.50. The SMILES string of the molecule is O=C(O)c1cc(=O)c2c(OCC(COc3cccc4oc(C(=O)O)cc(=O)c34)OS(=O)(=O)[O-])cccc2o1. The second-order valence-electron chi connectivity index (χ2n) is 7.57. The van der Waals surface area contributed by atoms with E-state index in [0.29, 0.717) is 0 Å². The van der Waals surface area contributed by atoms with Crippen LogP contribution in [0.5, 0.6) is 11.5 Å². The zero-order valence-corrected chi connectivity index (χ0v) is 19.6. The lowest BCUT2D eigenvalue weighted by molar-refractivity contribution is 0.0653. The average molecular weight is 547 g/mol. The first-order valence-corrected chi connectivity index (χ1v) is 11.8. The van der Waals surface area contributed by atoms with E-state index in [0.717, 1.165) is 12.1 Å². The Morgan fingerprint density at radius 1 is 0.816 bits per heavy atom. The quantitative estimate of drug-likeness (QED) is 0.213. The van der Waals surface area contributed by atoms with E-state index < -0.39 is 64.0 Å². The molecule has 4 aromatic rings. The lowest BCUT2D eigenvalue weighted by atomic mass is 10.2. The molecule has 0 radical (unpaired) electrons. The molecule has 0 saturated heterocycles. The van der Waals surface area contributed by atoms with Crippen LogP contribution in [0.1, 0.15) is 21.1 Å². The van der Waals surface area contributed by atoms with Crippen molar-refractivity contribution in [3.8, 4) is 11.5 Å². The zero-order chi connectivity index (χ0) is 27.6. The van der Waals surface area contributed by atoms with Gasteiger partial charge in [-0.05, 0) is 24.3 Å². The highest BCUT2D eigenvalue weighted by Crippen LogP contribution is 2.26. The summed E-state index contributed by atoms with van der Waals surface area (Å²) in [4.78, 5) is 47.2. The Labute approximate surface area is 211 Å². The third-order valence-corrected chi connectivity index (χ3v) is 5.47. The first-order valence-electron chi connectivity index (χ1n) is 10.4. The van der Waals surface area contributed by atoms with Crippen molar-refractivity contribution in [2.75, 3.05) is 13.2 Å². The summed E-state index contributed by atoms with van der Waals surface area (Å²) < 4.78 is 59.6. The van der Waals surface area contributed by atoms with Gasteiger partial charge in [-0.3, -0.25) is 13.8 Å². The van der Waals surface area contributed by atoms with Gasteiger partial charge in [0.05, 0.1) is 0 Å². The second kappa shape index (κ2) is 10.3. The fraction of sp³-hybridized carbons (Fsp3) is 0.130. The molecule has 0 saturated carbocycles. The summed E-state index contributed by atoms with van der Waals surface area (Å²) in [5.74, 6) is -4.41. The maximum atomic E-state index is 12.5. The normalized spacial score (nSPS) is 11.6. The van der Waals surface area contributed by atoms with Crippen molar-refractivity contribution in [3.05, 3.63) is 80.5 Å². The molecule has 0 amide bonds. The summed E-state index contributed by atoms with van der Waals surface area (Å²) in [5.41, 5.74) is -1.76. The Balaban J connectivity index is 1.60. The number of fused-ring (bicyclic) bond motifs is 2. The number of aromatic carboxylic acids is 2. The minimum Gasteiger partial charge on any atom is -0.726 e. The number of hydrogen-bond donors (Lipinski definition) is 2. The Morgan fingerprint density at radius 2 is 1.24 bits per heavy atom. The average Bonchev–Trinajstić information content (AvgIpc) is 2.84. The van der Waals surface area contributed by atoms with Crippen LogP contribution >= 0.6 is 0 Å². The van der Waals surface area contributed by atoms with Crippen LogP contribution in [0.3, 0.4) is 0 Å². The zero-order valence-electron chi connectivity index (χ0n) is 18.8. The predicted molar refractivity (Wildman–Crippen MR) is 124 cm³/mol. The molecule has 0 unspecified atom stereocenters. The minimum absolute atomic E-state index is 0.124. The van der Waals surface area contributed by atoms with E-state index >= 15 is 0 Å². The molecule has 0 aliphatic heterocycles. The van der Waals surface area contributed by atoms with Crippen molar-refractivity contribution >= 4 is 44.3 Å². The van der Waals surface area contributed by atoms with Gasteiger partial charge in [-0.2, -0.15) is 0 Å². The molecule has 2 aromatic heterocycles. The molecule has 2 N–H and O–H groups in total. The lowest BCUT2D eigenvalue weighted by Crippen LogP contribution is -2.31. The highest BCUT2D eigenvalue weighted by Gasteiger charge is 2.20. The van der Waals surface area contributed by atoms with Crippen LogP contribution in [0.15, 0.2) is 67.0 Å². The Hall–Kier alpha value is -4.73. The van der Waals surface area contributed by atoms with Gasteiger partial charge < -0.3 is 33.1 Å². The van der Waals surface area contributed by atoms with E-state index in [9.17, 15) is 32.1 Å². The van der Waals surface area contributed by atoms with Crippen LogP contribution < -0.4 is 20.3 Å². The van der Waals surface area contributed by atoms with Crippen LogP contribution in [-0.2, 0) is 14.6 Å². The Bertz CT molecular complexity index is 1670. The largest absolute Gasteiger partial charge is 0.726 e. The molecule has 14 nitrogen and oxygen atoms in total. The number of hydrogen-bond acceptors (Lipinski definition) is 12. The smallest absolute Gasteiger partial charge is 0.371 e. The first-order chi connectivity index (χ1) is 17.9. The van der Waals surface area contributed by atoms with Crippen LogP contribution in [0, 0.1) is 0 Å². The van der Waals surface area contributed by atoms with Crippen molar-refractivity contribution in [2.24, 2.45) is 0 Å². The lowest BCUT2D eigenvalue weighted by Gasteiger charge is -2.21. The van der Waals surface area contributed by atoms with Gasteiger partial charge in [-0.15, -0.1) is 0 Å². The number of benzene rings is 2. The van der Waals surface area contributed by atoms with E-state index in [1.165, 1.54) is 36.4 Å². The van der Waals surface area contributed by atoms with Gasteiger partial charge in [0, 0.05) is 12.1 Å². The van der Waals surface area contributed by atoms with Crippen molar-refractivity contribution in [2.45, 2.75) is 6.10 Å². The minimum atomic E-state index is -5.26. The molecule has 198 valence electrons. The summed E-state index contributed by atoms with van der Waals surface area (Å²) in [6.45, 7) is -1.30. The highest BCUT2D eigenvalue weighted by molar-refractivity contribution is 7.80. The number of carbonyl (C=O) groups is 2. The van der Waals surface area contributed by atoms with Gasteiger partial charge in [0.1, 0.15) is 52.8 Å². The predicted octanol–water partition coefficient (Wildman–Crippen LogP) is 1.60. The van der Waals surface area contributed by atoms with E-state index in [1.807, 2.05) is 0 Å². The maximum absolute atomic E-state index is 12.5. The van der Waals surface area contributed by atoms with Gasteiger partial charge in [0.15, 0.2) is 10.9 Å². The van der Waals surface area contributed by atoms with E-state index in [4.69, 9.17) is 28.5 Å².